The average molecular weight is 398 g/mol. The summed E-state index contributed by atoms with van der Waals surface area (Å²) >= 11 is 5.94. The summed E-state index contributed by atoms with van der Waals surface area (Å²) in [6.07, 6.45) is 8.43. The second-order valence-electron chi connectivity index (χ2n) is 6.80. The SMILES string of the molecule is Cn1cc(C(=O)N2CCC[C@H](c3nccnc3Oc3ccc(Cl)cc3)C2)cn1. The number of carbonyl (C=O) groups is 1. The van der Waals surface area contributed by atoms with E-state index in [9.17, 15) is 4.79 Å². The number of likely N-dealkylation sites (tertiary alicyclic amines) is 1. The van der Waals surface area contributed by atoms with Gasteiger partial charge in [-0.3, -0.25) is 14.5 Å². The van der Waals surface area contributed by atoms with Crippen LogP contribution in [0, 0.1) is 0 Å². The molecule has 0 bridgehead atoms. The van der Waals surface area contributed by atoms with Gasteiger partial charge in [0.15, 0.2) is 0 Å². The standard InChI is InChI=1S/C20H20ClN5O2/c1-25-12-15(11-24-25)20(27)26-10-2-3-14(13-26)18-19(23-9-8-22-18)28-17-6-4-16(21)5-7-17/h4-9,11-12,14H,2-3,10,13H2,1H3/t14-/m0/s1. The minimum atomic E-state index is -0.0122. The average Bonchev–Trinajstić information content (AvgIpc) is 3.16. The summed E-state index contributed by atoms with van der Waals surface area (Å²) in [6.45, 7) is 1.29. The number of rotatable bonds is 4. The summed E-state index contributed by atoms with van der Waals surface area (Å²) < 4.78 is 7.59. The van der Waals surface area contributed by atoms with Crippen LogP contribution in [0.15, 0.2) is 49.1 Å². The second-order valence-corrected chi connectivity index (χ2v) is 7.23. The summed E-state index contributed by atoms with van der Waals surface area (Å²) in [5, 5.41) is 4.74. The van der Waals surface area contributed by atoms with Crippen molar-refractivity contribution in [2.24, 2.45) is 7.05 Å². The third kappa shape index (κ3) is 3.99. The van der Waals surface area contributed by atoms with Crippen LogP contribution in [0.1, 0.15) is 34.8 Å². The molecule has 2 aromatic heterocycles. The summed E-state index contributed by atoms with van der Waals surface area (Å²) in [4.78, 5) is 23.5. The van der Waals surface area contributed by atoms with E-state index in [4.69, 9.17) is 16.3 Å². The molecule has 28 heavy (non-hydrogen) atoms. The van der Waals surface area contributed by atoms with Gasteiger partial charge in [-0.2, -0.15) is 5.10 Å². The number of hydrogen-bond acceptors (Lipinski definition) is 5. The van der Waals surface area contributed by atoms with Crippen LogP contribution in [0.3, 0.4) is 0 Å². The highest BCUT2D eigenvalue weighted by atomic mass is 35.5. The minimum Gasteiger partial charge on any atom is -0.437 e. The maximum absolute atomic E-state index is 12.8. The van der Waals surface area contributed by atoms with E-state index in [0.29, 0.717) is 28.8 Å². The third-order valence-electron chi connectivity index (χ3n) is 4.77. The first-order chi connectivity index (χ1) is 13.6. The molecule has 1 saturated heterocycles. The fourth-order valence-corrected chi connectivity index (χ4v) is 3.53. The smallest absolute Gasteiger partial charge is 0.257 e. The predicted octanol–water partition coefficient (Wildman–Crippen LogP) is 3.68. The van der Waals surface area contributed by atoms with Crippen LogP contribution in [0.2, 0.25) is 5.02 Å². The highest BCUT2D eigenvalue weighted by Crippen LogP contribution is 2.33. The Bertz CT molecular complexity index is 973. The van der Waals surface area contributed by atoms with Gasteiger partial charge in [-0.1, -0.05) is 11.6 Å². The number of amides is 1. The number of halogens is 1. The third-order valence-corrected chi connectivity index (χ3v) is 5.02. The number of carbonyl (C=O) groups excluding carboxylic acids is 1. The van der Waals surface area contributed by atoms with E-state index < -0.39 is 0 Å². The molecule has 1 aliphatic heterocycles. The van der Waals surface area contributed by atoms with E-state index >= 15 is 0 Å². The first kappa shape index (κ1) is 18.4. The quantitative estimate of drug-likeness (QED) is 0.671. The van der Waals surface area contributed by atoms with Crippen LogP contribution >= 0.6 is 11.6 Å². The Morgan fingerprint density at radius 3 is 2.75 bits per heavy atom. The highest BCUT2D eigenvalue weighted by Gasteiger charge is 2.29. The van der Waals surface area contributed by atoms with Gasteiger partial charge in [0.1, 0.15) is 11.4 Å². The number of nitrogens with zero attached hydrogens (tertiary/aromatic N) is 5. The van der Waals surface area contributed by atoms with Crippen molar-refractivity contribution >= 4 is 17.5 Å². The van der Waals surface area contributed by atoms with E-state index in [1.54, 1.807) is 60.8 Å². The van der Waals surface area contributed by atoms with Gasteiger partial charge in [-0.15, -0.1) is 0 Å². The minimum absolute atomic E-state index is 0.0122. The van der Waals surface area contributed by atoms with Gasteiger partial charge in [0, 0.05) is 49.7 Å². The molecule has 0 aliphatic carbocycles. The van der Waals surface area contributed by atoms with Crippen LogP contribution < -0.4 is 4.74 Å². The lowest BCUT2D eigenvalue weighted by Crippen LogP contribution is -2.39. The van der Waals surface area contributed by atoms with Crippen molar-refractivity contribution in [3.8, 4) is 11.6 Å². The van der Waals surface area contributed by atoms with E-state index in [1.165, 1.54) is 0 Å². The van der Waals surface area contributed by atoms with Crippen LogP contribution in [0.5, 0.6) is 11.6 Å². The van der Waals surface area contributed by atoms with Crippen molar-refractivity contribution in [1.82, 2.24) is 24.6 Å². The van der Waals surface area contributed by atoms with Crippen LogP contribution in [0.25, 0.3) is 0 Å². The van der Waals surface area contributed by atoms with E-state index in [2.05, 4.69) is 15.1 Å². The Hall–Kier alpha value is -2.93. The number of ether oxygens (including phenoxy) is 1. The Morgan fingerprint density at radius 2 is 2.00 bits per heavy atom. The fourth-order valence-electron chi connectivity index (χ4n) is 3.41. The van der Waals surface area contributed by atoms with Gasteiger partial charge in [-0.05, 0) is 37.1 Å². The Kier molecular flexibility index (Phi) is 5.25. The first-order valence-corrected chi connectivity index (χ1v) is 9.50. The van der Waals surface area contributed by atoms with Crippen molar-refractivity contribution < 1.29 is 9.53 Å². The maximum Gasteiger partial charge on any atom is 0.257 e. The second kappa shape index (κ2) is 7.98. The molecule has 1 aliphatic rings. The lowest BCUT2D eigenvalue weighted by molar-refractivity contribution is 0.0704. The molecule has 7 nitrogen and oxygen atoms in total. The zero-order valence-electron chi connectivity index (χ0n) is 15.5. The van der Waals surface area contributed by atoms with Gasteiger partial charge >= 0.3 is 0 Å². The molecule has 0 spiro atoms. The predicted molar refractivity (Wildman–Crippen MR) is 105 cm³/mol. The van der Waals surface area contributed by atoms with Gasteiger partial charge < -0.3 is 9.64 Å². The molecule has 0 saturated carbocycles. The van der Waals surface area contributed by atoms with Gasteiger partial charge in [-0.25, -0.2) is 4.98 Å². The van der Waals surface area contributed by atoms with E-state index in [-0.39, 0.29) is 11.8 Å². The van der Waals surface area contributed by atoms with E-state index in [0.717, 1.165) is 25.1 Å². The molecule has 0 N–H and O–H groups in total. The molecule has 144 valence electrons. The maximum atomic E-state index is 12.8. The summed E-state index contributed by atoms with van der Waals surface area (Å²) in [5.41, 5.74) is 1.36. The molecule has 8 heteroatoms. The molecule has 3 heterocycles. The number of benzene rings is 1. The number of aryl methyl sites for hydroxylation is 1. The molecular formula is C20H20ClN5O2. The molecule has 0 radical (unpaired) electrons. The summed E-state index contributed by atoms with van der Waals surface area (Å²) in [6, 6.07) is 7.11. The van der Waals surface area contributed by atoms with Gasteiger partial charge in [0.05, 0.1) is 11.8 Å². The molecule has 0 unspecified atom stereocenters. The lowest BCUT2D eigenvalue weighted by Gasteiger charge is -2.32. The zero-order chi connectivity index (χ0) is 19.5. The van der Waals surface area contributed by atoms with Gasteiger partial charge in [0.2, 0.25) is 5.88 Å². The van der Waals surface area contributed by atoms with Gasteiger partial charge in [0.25, 0.3) is 5.91 Å². The van der Waals surface area contributed by atoms with Crippen molar-refractivity contribution in [3.05, 3.63) is 65.3 Å². The van der Waals surface area contributed by atoms with Crippen LogP contribution in [0.4, 0.5) is 0 Å². The summed E-state index contributed by atoms with van der Waals surface area (Å²) in [7, 11) is 1.80. The molecule has 3 aromatic rings. The topological polar surface area (TPSA) is 73.1 Å². The Labute approximate surface area is 167 Å². The van der Waals surface area contributed by atoms with Crippen LogP contribution in [-0.4, -0.2) is 43.6 Å². The zero-order valence-corrected chi connectivity index (χ0v) is 16.2. The normalized spacial score (nSPS) is 16.8. The highest BCUT2D eigenvalue weighted by molar-refractivity contribution is 6.30. The fraction of sp³-hybridized carbons (Fsp3) is 0.300. The Balaban J connectivity index is 1.53. The molecule has 1 atom stereocenters. The molecular weight excluding hydrogens is 378 g/mol. The van der Waals surface area contributed by atoms with Crippen molar-refractivity contribution in [2.45, 2.75) is 18.8 Å². The number of hydrogen-bond donors (Lipinski definition) is 0. The molecule has 1 amide bonds. The first-order valence-electron chi connectivity index (χ1n) is 9.12. The van der Waals surface area contributed by atoms with Crippen molar-refractivity contribution in [2.75, 3.05) is 13.1 Å². The number of aromatic nitrogens is 4. The molecule has 1 fully saturated rings. The molecule has 1 aromatic carbocycles. The largest absolute Gasteiger partial charge is 0.437 e. The monoisotopic (exact) mass is 397 g/mol. The molecule has 4 rings (SSSR count). The van der Waals surface area contributed by atoms with E-state index in [1.807, 2.05) is 4.90 Å². The van der Waals surface area contributed by atoms with Crippen molar-refractivity contribution in [1.29, 1.82) is 0 Å². The number of piperidine rings is 1. The summed E-state index contributed by atoms with van der Waals surface area (Å²) in [5.74, 6) is 1.16. The lowest BCUT2D eigenvalue weighted by atomic mass is 9.94. The van der Waals surface area contributed by atoms with Crippen LogP contribution in [-0.2, 0) is 7.05 Å². The Morgan fingerprint density at radius 1 is 1.21 bits per heavy atom. The van der Waals surface area contributed by atoms with Crippen molar-refractivity contribution in [3.63, 3.8) is 0 Å².